The first kappa shape index (κ1) is 41.1. The summed E-state index contributed by atoms with van der Waals surface area (Å²) < 4.78 is 14.5. The molecule has 7 rings (SSSR count). The number of carbonyl (C=O) groups is 1. The highest BCUT2D eigenvalue weighted by Crippen LogP contribution is 2.77. The van der Waals surface area contributed by atoms with E-state index < -0.39 is 6.29 Å². The van der Waals surface area contributed by atoms with E-state index in [1.807, 2.05) is 0 Å². The van der Waals surface area contributed by atoms with Crippen molar-refractivity contribution in [1.82, 2.24) is 0 Å². The molecular weight excluding hydrogens is 677 g/mol. The third-order valence-electron chi connectivity index (χ3n) is 19.1. The number of likely N-dealkylation sites (N-methyl/N-ethyl adjacent to an activating group) is 2. The van der Waals surface area contributed by atoms with E-state index in [-0.39, 0.29) is 51.4 Å². The molecule has 0 radical (unpaired) electrons. The van der Waals surface area contributed by atoms with Gasteiger partial charge in [0.25, 0.3) is 0 Å². The Hall–Kier alpha value is -1.03. The zero-order valence-corrected chi connectivity index (χ0v) is 35.7. The van der Waals surface area contributed by atoms with E-state index in [4.69, 9.17) is 9.47 Å². The second-order valence-corrected chi connectivity index (χ2v) is 22.6. The quantitative estimate of drug-likeness (QED) is 0.101. The van der Waals surface area contributed by atoms with Gasteiger partial charge in [-0.3, -0.25) is 0 Å². The lowest BCUT2D eigenvalue weighted by molar-refractivity contribution is -0.920. The third kappa shape index (κ3) is 6.88. The molecule has 7 aliphatic rings. The maximum atomic E-state index is 13.5. The largest absolute Gasteiger partial charge is 0.458 e. The lowest BCUT2D eigenvalue weighted by Gasteiger charge is -2.73. The summed E-state index contributed by atoms with van der Waals surface area (Å²) in [6.45, 7) is 24.8. The van der Waals surface area contributed by atoms with Crippen molar-refractivity contribution in [2.45, 2.75) is 156 Å². The number of ether oxygens (including phenoxy) is 2. The van der Waals surface area contributed by atoms with Crippen LogP contribution in [0.4, 0.5) is 0 Å². The number of carbonyl (C=O) groups excluding carboxylic acids is 1. The maximum Gasteiger partial charge on any atom is 0.362 e. The van der Waals surface area contributed by atoms with Gasteiger partial charge in [0.1, 0.15) is 12.6 Å². The van der Waals surface area contributed by atoms with E-state index in [1.165, 1.54) is 56.9 Å². The topological polar surface area (TPSA) is 96.2 Å². The number of hydrogen-bond acceptors (Lipinski definition) is 6. The standard InChI is InChI=1S/C46H80N2O6/c1-31(2)34-12-21-46(30-53-39(51)28-47(8)24-15-32(49)16-25-47)23-22-44(6)35(41(34)46)10-11-37-43(5)19-14-38(42(3,4)36(43)13-20-45(37,44)7)54-40(52)29-48(9)26-17-33(50)18-27-48/h32-39,41,49-51H,1,10-30H2,2-9H3/q+2/t32?,33?,34-,35?,36?,37?,38-,39?,41?,43-,44+,45+,46+,47?,48?/m0/s1. The van der Waals surface area contributed by atoms with Crippen LogP contribution in [0.2, 0.25) is 0 Å². The molecule has 2 saturated heterocycles. The molecule has 5 saturated carbocycles. The van der Waals surface area contributed by atoms with Crippen LogP contribution in [0.1, 0.15) is 131 Å². The lowest BCUT2D eigenvalue weighted by atomic mass is 9.32. The smallest absolute Gasteiger partial charge is 0.362 e. The number of esters is 1. The number of aliphatic hydroxyl groups is 3. The maximum absolute atomic E-state index is 13.5. The average Bonchev–Trinajstić information content (AvgIpc) is 3.49. The number of aliphatic hydroxyl groups excluding tert-OH is 3. The van der Waals surface area contributed by atoms with Crippen LogP contribution in [0.15, 0.2) is 12.2 Å². The van der Waals surface area contributed by atoms with Crippen LogP contribution in [-0.2, 0) is 14.3 Å². The van der Waals surface area contributed by atoms with E-state index in [1.54, 1.807) is 0 Å². The Morgan fingerprint density at radius 3 is 2.02 bits per heavy atom. The van der Waals surface area contributed by atoms with Crippen LogP contribution in [0.3, 0.4) is 0 Å². The highest BCUT2D eigenvalue weighted by molar-refractivity contribution is 5.71. The zero-order chi connectivity index (χ0) is 39.1. The first-order valence-corrected chi connectivity index (χ1v) is 22.4. The molecule has 0 spiro atoms. The van der Waals surface area contributed by atoms with Gasteiger partial charge in [-0.05, 0) is 122 Å². The fraction of sp³-hybridized carbons (Fsp3) is 0.935. The van der Waals surface area contributed by atoms with Gasteiger partial charge in [-0.25, -0.2) is 4.79 Å². The van der Waals surface area contributed by atoms with Crippen molar-refractivity contribution in [3.05, 3.63) is 12.2 Å². The number of allylic oxidation sites excluding steroid dienone is 1. The Kier molecular flexibility index (Phi) is 10.9. The molecular formula is C46H80N2O6+2. The predicted molar refractivity (Wildman–Crippen MR) is 213 cm³/mol. The normalized spacial score (nSPS) is 50.5. The Balaban J connectivity index is 1.06. The van der Waals surface area contributed by atoms with Crippen molar-refractivity contribution >= 4 is 5.97 Å². The molecule has 5 aliphatic carbocycles. The monoisotopic (exact) mass is 757 g/mol. The summed E-state index contributed by atoms with van der Waals surface area (Å²) in [6.07, 6.45) is 13.7. The molecule has 0 aromatic rings. The fourth-order valence-electron chi connectivity index (χ4n) is 15.6. The Morgan fingerprint density at radius 2 is 1.39 bits per heavy atom. The minimum atomic E-state index is -0.776. The van der Waals surface area contributed by atoms with Crippen LogP contribution < -0.4 is 0 Å². The summed E-state index contributed by atoms with van der Waals surface area (Å²) in [4.78, 5) is 13.5. The summed E-state index contributed by atoms with van der Waals surface area (Å²) in [6, 6.07) is 0. The van der Waals surface area contributed by atoms with E-state index in [9.17, 15) is 20.1 Å². The Morgan fingerprint density at radius 1 is 0.759 bits per heavy atom. The van der Waals surface area contributed by atoms with Crippen LogP contribution >= 0.6 is 0 Å². The number of quaternary nitrogens is 2. The summed E-state index contributed by atoms with van der Waals surface area (Å²) in [7, 11) is 4.36. The predicted octanol–water partition coefficient (Wildman–Crippen LogP) is 7.09. The Bertz CT molecular complexity index is 1400. The van der Waals surface area contributed by atoms with Gasteiger partial charge in [0, 0.05) is 31.1 Å². The number of rotatable bonds is 9. The average molecular weight is 757 g/mol. The zero-order valence-electron chi connectivity index (χ0n) is 35.7. The molecule has 2 heterocycles. The van der Waals surface area contributed by atoms with Gasteiger partial charge < -0.3 is 33.8 Å². The first-order chi connectivity index (χ1) is 25.2. The Labute approximate surface area is 328 Å². The van der Waals surface area contributed by atoms with Crippen LogP contribution in [0.25, 0.3) is 0 Å². The minimum Gasteiger partial charge on any atom is -0.458 e. The van der Waals surface area contributed by atoms with Crippen molar-refractivity contribution in [2.24, 2.45) is 56.7 Å². The molecule has 54 heavy (non-hydrogen) atoms. The molecule has 0 bridgehead atoms. The van der Waals surface area contributed by atoms with Crippen molar-refractivity contribution < 1.29 is 38.6 Å². The highest BCUT2D eigenvalue weighted by Gasteiger charge is 2.71. The van der Waals surface area contributed by atoms with Gasteiger partial charge in [0.2, 0.25) is 6.29 Å². The van der Waals surface area contributed by atoms with Gasteiger partial charge in [-0.2, -0.15) is 0 Å². The van der Waals surface area contributed by atoms with Gasteiger partial charge in [-0.15, -0.1) is 0 Å². The summed E-state index contributed by atoms with van der Waals surface area (Å²) in [5, 5.41) is 31.5. The molecule has 7 fully saturated rings. The highest BCUT2D eigenvalue weighted by atomic mass is 16.6. The number of fused-ring (bicyclic) bond motifs is 7. The number of hydrogen-bond donors (Lipinski definition) is 3. The van der Waals surface area contributed by atoms with Gasteiger partial charge in [0.15, 0.2) is 6.54 Å². The number of likely N-dealkylation sites (tertiary alicyclic amines) is 2. The molecule has 11 atom stereocenters. The van der Waals surface area contributed by atoms with Crippen LogP contribution in [0.5, 0.6) is 0 Å². The molecule has 8 nitrogen and oxygen atoms in total. The SMILES string of the molecule is C=C(C)[C@@H]1CC[C@]2(COC(O)C[N+]3(C)CCC(O)CC3)CC[C@]3(C)C(CCC4[C@@]5(C)CC[C@H](OC(=O)C[N+]6(C)CCC(O)CC6)C(C)(C)C5CC[C@]43C)C12. The molecule has 5 unspecified atom stereocenters. The van der Waals surface area contributed by atoms with Crippen molar-refractivity contribution in [3.63, 3.8) is 0 Å². The van der Waals surface area contributed by atoms with Crippen molar-refractivity contribution in [1.29, 1.82) is 0 Å². The molecule has 0 aromatic carbocycles. The van der Waals surface area contributed by atoms with Crippen molar-refractivity contribution in [2.75, 3.05) is 60.0 Å². The van der Waals surface area contributed by atoms with Gasteiger partial charge in [0.05, 0.1) is 59.1 Å². The lowest BCUT2D eigenvalue weighted by Crippen LogP contribution is -2.67. The molecule has 0 amide bonds. The van der Waals surface area contributed by atoms with E-state index in [2.05, 4.69) is 62.2 Å². The molecule has 0 aromatic heterocycles. The van der Waals surface area contributed by atoms with E-state index in [0.29, 0.717) is 53.8 Å². The molecule has 2 aliphatic heterocycles. The fourth-order valence-corrected chi connectivity index (χ4v) is 15.6. The van der Waals surface area contributed by atoms with Gasteiger partial charge >= 0.3 is 5.97 Å². The molecule has 308 valence electrons. The summed E-state index contributed by atoms with van der Waals surface area (Å²) in [5.74, 6) is 2.78. The second kappa shape index (κ2) is 14.4. The summed E-state index contributed by atoms with van der Waals surface area (Å²) in [5.41, 5.74) is 2.03. The minimum absolute atomic E-state index is 0.0482. The first-order valence-electron chi connectivity index (χ1n) is 22.4. The molecule has 3 N–H and O–H groups in total. The van der Waals surface area contributed by atoms with E-state index in [0.717, 1.165) is 69.2 Å². The third-order valence-corrected chi connectivity index (χ3v) is 19.1. The number of nitrogens with zero attached hydrogens (tertiary/aromatic N) is 2. The van der Waals surface area contributed by atoms with Crippen LogP contribution in [0, 0.1) is 56.7 Å². The van der Waals surface area contributed by atoms with Gasteiger partial charge in [-0.1, -0.05) is 46.8 Å². The molecule has 8 heteroatoms. The van der Waals surface area contributed by atoms with Crippen molar-refractivity contribution in [3.8, 4) is 0 Å². The summed E-state index contributed by atoms with van der Waals surface area (Å²) >= 11 is 0. The van der Waals surface area contributed by atoms with Crippen LogP contribution in [-0.4, -0.2) is 115 Å². The number of piperidine rings is 2. The van der Waals surface area contributed by atoms with E-state index >= 15 is 0 Å². The second-order valence-electron chi connectivity index (χ2n) is 22.6.